The lowest BCUT2D eigenvalue weighted by Gasteiger charge is -2.39. The van der Waals surface area contributed by atoms with Crippen LogP contribution in [-0.4, -0.2) is 49.0 Å². The van der Waals surface area contributed by atoms with E-state index in [1.165, 1.54) is 5.56 Å². The van der Waals surface area contributed by atoms with E-state index in [0.29, 0.717) is 32.9 Å². The molecule has 0 spiro atoms. The smallest absolute Gasteiger partial charge is 0.410 e. The van der Waals surface area contributed by atoms with Gasteiger partial charge in [-0.05, 0) is 32.8 Å². The number of ether oxygens (including phenoxy) is 3. The fraction of sp³-hybridized carbons (Fsp3) is 0.611. The van der Waals surface area contributed by atoms with Gasteiger partial charge in [-0.15, -0.1) is 0 Å². The third-order valence-corrected chi connectivity index (χ3v) is 3.40. The molecule has 1 aromatic rings. The Morgan fingerprint density at radius 1 is 1.17 bits per heavy atom. The molecular weight excluding hydrogens is 294 g/mol. The molecule has 1 aliphatic rings. The molecule has 1 aromatic carbocycles. The summed E-state index contributed by atoms with van der Waals surface area (Å²) in [7, 11) is 0. The number of nitrogens with zero attached hydrogens (tertiary/aromatic N) is 1. The highest BCUT2D eigenvalue weighted by atomic mass is 16.6. The summed E-state index contributed by atoms with van der Waals surface area (Å²) in [5.74, 6) is 0. The zero-order chi connectivity index (χ0) is 16.7. The maximum atomic E-state index is 11.8. The number of hydrogen-bond acceptors (Lipinski definition) is 4. The highest BCUT2D eigenvalue weighted by molar-refractivity contribution is 5.69. The van der Waals surface area contributed by atoms with Crippen molar-refractivity contribution in [3.8, 4) is 0 Å². The molecule has 0 unspecified atom stereocenters. The molecule has 5 heteroatoms. The van der Waals surface area contributed by atoms with Crippen molar-refractivity contribution in [3.05, 3.63) is 35.9 Å². The highest BCUT2D eigenvalue weighted by Gasteiger charge is 2.34. The Balaban J connectivity index is 1.47. The number of hydrogen-bond donors (Lipinski definition) is 0. The van der Waals surface area contributed by atoms with Crippen LogP contribution in [0.3, 0.4) is 0 Å². The van der Waals surface area contributed by atoms with E-state index in [9.17, 15) is 4.79 Å². The highest BCUT2D eigenvalue weighted by Crippen LogP contribution is 2.17. The van der Waals surface area contributed by atoms with Crippen molar-refractivity contribution in [2.24, 2.45) is 0 Å². The molecule has 0 radical (unpaired) electrons. The second-order valence-corrected chi connectivity index (χ2v) is 6.77. The van der Waals surface area contributed by atoms with Gasteiger partial charge in [0.1, 0.15) is 5.60 Å². The lowest BCUT2D eigenvalue weighted by molar-refractivity contribution is -0.0667. The van der Waals surface area contributed by atoms with Gasteiger partial charge in [-0.25, -0.2) is 4.79 Å². The molecule has 128 valence electrons. The lowest BCUT2D eigenvalue weighted by Crippen LogP contribution is -2.56. The molecular formula is C18H27NO4. The summed E-state index contributed by atoms with van der Waals surface area (Å²) in [5.41, 5.74) is 0.736. The Hall–Kier alpha value is -1.59. The second kappa shape index (κ2) is 8.31. The average molecular weight is 321 g/mol. The van der Waals surface area contributed by atoms with E-state index in [0.717, 1.165) is 6.42 Å². The van der Waals surface area contributed by atoms with Gasteiger partial charge in [-0.2, -0.15) is 0 Å². The summed E-state index contributed by atoms with van der Waals surface area (Å²) in [6.07, 6.45) is 0.718. The second-order valence-electron chi connectivity index (χ2n) is 6.77. The monoisotopic (exact) mass is 321 g/mol. The summed E-state index contributed by atoms with van der Waals surface area (Å²) >= 11 is 0. The van der Waals surface area contributed by atoms with E-state index in [4.69, 9.17) is 14.2 Å². The van der Waals surface area contributed by atoms with Crippen molar-refractivity contribution in [1.29, 1.82) is 0 Å². The normalized spacial score (nSPS) is 15.3. The Kier molecular flexibility index (Phi) is 6.42. The van der Waals surface area contributed by atoms with Gasteiger partial charge in [0.15, 0.2) is 0 Å². The van der Waals surface area contributed by atoms with Gasteiger partial charge < -0.3 is 19.1 Å². The predicted molar refractivity (Wildman–Crippen MR) is 88.3 cm³/mol. The summed E-state index contributed by atoms with van der Waals surface area (Å²) in [6.45, 7) is 8.80. The first-order valence-electron chi connectivity index (χ1n) is 8.15. The fourth-order valence-corrected chi connectivity index (χ4v) is 2.19. The van der Waals surface area contributed by atoms with Gasteiger partial charge in [0, 0.05) is 13.2 Å². The Labute approximate surface area is 138 Å². The van der Waals surface area contributed by atoms with Gasteiger partial charge in [0.05, 0.1) is 25.8 Å². The third kappa shape index (κ3) is 6.59. The maximum Gasteiger partial charge on any atom is 0.410 e. The van der Waals surface area contributed by atoms with Crippen LogP contribution in [0.2, 0.25) is 0 Å². The first kappa shape index (κ1) is 17.8. The minimum absolute atomic E-state index is 0.122. The standard InChI is InChI=1S/C18H27NO4/c1-18(2,3)23-17(20)19-12-16(13-19)22-11-7-10-21-14-15-8-5-4-6-9-15/h4-6,8-9,16H,7,10-14H2,1-3H3. The summed E-state index contributed by atoms with van der Waals surface area (Å²) in [6, 6.07) is 10.1. The minimum atomic E-state index is -0.445. The van der Waals surface area contributed by atoms with Crippen molar-refractivity contribution in [2.75, 3.05) is 26.3 Å². The summed E-state index contributed by atoms with van der Waals surface area (Å²) in [5, 5.41) is 0. The largest absolute Gasteiger partial charge is 0.444 e. The molecule has 0 aromatic heterocycles. The molecule has 1 aliphatic heterocycles. The SMILES string of the molecule is CC(C)(C)OC(=O)N1CC(OCCCOCc2ccccc2)C1. The van der Waals surface area contributed by atoms with Crippen LogP contribution < -0.4 is 0 Å². The predicted octanol–water partition coefficient (Wildman–Crippen LogP) is 3.23. The summed E-state index contributed by atoms with van der Waals surface area (Å²) < 4.78 is 16.6. The first-order valence-corrected chi connectivity index (χ1v) is 8.15. The quantitative estimate of drug-likeness (QED) is 0.724. The Morgan fingerprint density at radius 2 is 1.87 bits per heavy atom. The zero-order valence-corrected chi connectivity index (χ0v) is 14.3. The van der Waals surface area contributed by atoms with Crippen molar-refractivity contribution in [1.82, 2.24) is 4.90 Å². The number of rotatable bonds is 7. The molecule has 5 nitrogen and oxygen atoms in total. The van der Waals surface area contributed by atoms with E-state index in [2.05, 4.69) is 12.1 Å². The Bertz CT molecular complexity index is 478. The molecule has 0 N–H and O–H groups in total. The molecule has 0 saturated carbocycles. The van der Waals surface area contributed by atoms with Crippen LogP contribution in [0.15, 0.2) is 30.3 Å². The number of carbonyl (C=O) groups excluding carboxylic acids is 1. The van der Waals surface area contributed by atoms with Gasteiger partial charge >= 0.3 is 6.09 Å². The molecule has 1 heterocycles. The number of amides is 1. The lowest BCUT2D eigenvalue weighted by atomic mass is 10.2. The van der Waals surface area contributed by atoms with Crippen molar-refractivity contribution in [2.45, 2.75) is 45.5 Å². The minimum Gasteiger partial charge on any atom is -0.444 e. The fourth-order valence-electron chi connectivity index (χ4n) is 2.19. The molecule has 1 saturated heterocycles. The van der Waals surface area contributed by atoms with Crippen LogP contribution in [0.4, 0.5) is 4.79 Å². The van der Waals surface area contributed by atoms with Crippen LogP contribution in [0.1, 0.15) is 32.8 Å². The van der Waals surface area contributed by atoms with E-state index in [1.54, 1.807) is 4.90 Å². The van der Waals surface area contributed by atoms with E-state index in [1.807, 2.05) is 39.0 Å². The van der Waals surface area contributed by atoms with E-state index < -0.39 is 5.60 Å². The average Bonchev–Trinajstić information content (AvgIpc) is 2.43. The zero-order valence-electron chi connectivity index (χ0n) is 14.3. The van der Waals surface area contributed by atoms with E-state index >= 15 is 0 Å². The number of carbonyl (C=O) groups is 1. The van der Waals surface area contributed by atoms with Crippen molar-refractivity contribution < 1.29 is 19.0 Å². The number of benzene rings is 1. The van der Waals surface area contributed by atoms with Crippen molar-refractivity contribution >= 4 is 6.09 Å². The molecule has 0 aliphatic carbocycles. The van der Waals surface area contributed by atoms with Crippen LogP contribution in [0, 0.1) is 0 Å². The maximum absolute atomic E-state index is 11.8. The summed E-state index contributed by atoms with van der Waals surface area (Å²) in [4.78, 5) is 13.4. The molecule has 1 amide bonds. The van der Waals surface area contributed by atoms with Crippen LogP contribution in [0.5, 0.6) is 0 Å². The van der Waals surface area contributed by atoms with Crippen LogP contribution in [-0.2, 0) is 20.8 Å². The molecule has 0 bridgehead atoms. The van der Waals surface area contributed by atoms with E-state index in [-0.39, 0.29) is 12.2 Å². The molecule has 23 heavy (non-hydrogen) atoms. The third-order valence-electron chi connectivity index (χ3n) is 3.40. The molecule has 2 rings (SSSR count). The van der Waals surface area contributed by atoms with Gasteiger partial charge in [0.25, 0.3) is 0 Å². The van der Waals surface area contributed by atoms with Gasteiger partial charge in [0.2, 0.25) is 0 Å². The van der Waals surface area contributed by atoms with Gasteiger partial charge in [-0.3, -0.25) is 0 Å². The first-order chi connectivity index (χ1) is 10.9. The molecule has 1 fully saturated rings. The molecule has 0 atom stereocenters. The number of likely N-dealkylation sites (tertiary alicyclic amines) is 1. The van der Waals surface area contributed by atoms with Crippen LogP contribution in [0.25, 0.3) is 0 Å². The van der Waals surface area contributed by atoms with Crippen LogP contribution >= 0.6 is 0 Å². The van der Waals surface area contributed by atoms with Gasteiger partial charge in [-0.1, -0.05) is 30.3 Å². The Morgan fingerprint density at radius 3 is 2.52 bits per heavy atom. The van der Waals surface area contributed by atoms with Crippen molar-refractivity contribution in [3.63, 3.8) is 0 Å². The topological polar surface area (TPSA) is 48.0 Å².